The summed E-state index contributed by atoms with van der Waals surface area (Å²) in [5.41, 5.74) is 5.27. The van der Waals surface area contributed by atoms with E-state index in [1.165, 1.54) is 0 Å². The SMILES string of the molecule is CC(NC(=O)C1(N)CCCC1)C(=O)NC1CC1. The highest BCUT2D eigenvalue weighted by Crippen LogP contribution is 2.27. The third-order valence-electron chi connectivity index (χ3n) is 3.61. The van der Waals surface area contributed by atoms with Crippen LogP contribution in [-0.2, 0) is 9.59 Å². The fourth-order valence-corrected chi connectivity index (χ4v) is 2.19. The number of carbonyl (C=O) groups is 2. The van der Waals surface area contributed by atoms with Gasteiger partial charge in [0.2, 0.25) is 11.8 Å². The molecule has 2 aliphatic rings. The Morgan fingerprint density at radius 2 is 1.88 bits per heavy atom. The van der Waals surface area contributed by atoms with Gasteiger partial charge in [0, 0.05) is 6.04 Å². The van der Waals surface area contributed by atoms with Gasteiger partial charge in [-0.15, -0.1) is 0 Å². The molecule has 0 aliphatic heterocycles. The van der Waals surface area contributed by atoms with Gasteiger partial charge in [0.25, 0.3) is 0 Å². The van der Waals surface area contributed by atoms with Gasteiger partial charge in [0.05, 0.1) is 5.54 Å². The molecular formula is C12H21N3O2. The minimum Gasteiger partial charge on any atom is -0.352 e. The topological polar surface area (TPSA) is 84.2 Å². The molecule has 2 fully saturated rings. The van der Waals surface area contributed by atoms with Crippen LogP contribution in [0, 0.1) is 0 Å². The average molecular weight is 239 g/mol. The number of hydrogen-bond acceptors (Lipinski definition) is 3. The second-order valence-corrected chi connectivity index (χ2v) is 5.34. The zero-order valence-electron chi connectivity index (χ0n) is 10.3. The first-order valence-electron chi connectivity index (χ1n) is 6.41. The number of hydrogen-bond donors (Lipinski definition) is 3. The molecule has 0 aromatic carbocycles. The maximum absolute atomic E-state index is 12.0. The minimum atomic E-state index is -0.756. The molecule has 1 atom stereocenters. The molecule has 4 N–H and O–H groups in total. The lowest BCUT2D eigenvalue weighted by Crippen LogP contribution is -2.56. The molecule has 2 rings (SSSR count). The Kier molecular flexibility index (Phi) is 3.38. The Balaban J connectivity index is 1.82. The largest absolute Gasteiger partial charge is 0.352 e. The van der Waals surface area contributed by atoms with Gasteiger partial charge in [-0.3, -0.25) is 9.59 Å². The van der Waals surface area contributed by atoms with Crippen LogP contribution in [0.2, 0.25) is 0 Å². The molecule has 2 aliphatic carbocycles. The third kappa shape index (κ3) is 2.97. The first-order chi connectivity index (χ1) is 8.01. The number of nitrogens with one attached hydrogen (secondary N) is 2. The average Bonchev–Trinajstić information content (AvgIpc) is 2.98. The molecule has 2 saturated carbocycles. The third-order valence-corrected chi connectivity index (χ3v) is 3.61. The fraction of sp³-hybridized carbons (Fsp3) is 0.833. The van der Waals surface area contributed by atoms with E-state index >= 15 is 0 Å². The maximum Gasteiger partial charge on any atom is 0.242 e. The monoisotopic (exact) mass is 239 g/mol. The molecule has 5 nitrogen and oxygen atoms in total. The standard InChI is InChI=1S/C12H21N3O2/c1-8(10(16)15-9-4-5-9)14-11(17)12(13)6-2-3-7-12/h8-9H,2-7,13H2,1H3,(H,14,17)(H,15,16). The van der Waals surface area contributed by atoms with Gasteiger partial charge in [-0.25, -0.2) is 0 Å². The molecule has 0 saturated heterocycles. The normalized spacial score (nSPS) is 24.1. The Bertz CT molecular complexity index is 320. The summed E-state index contributed by atoms with van der Waals surface area (Å²) in [7, 11) is 0. The van der Waals surface area contributed by atoms with Crippen molar-refractivity contribution in [2.45, 2.75) is 63.1 Å². The van der Waals surface area contributed by atoms with Gasteiger partial charge >= 0.3 is 0 Å². The molecule has 2 amide bonds. The lowest BCUT2D eigenvalue weighted by molar-refractivity contribution is -0.131. The van der Waals surface area contributed by atoms with Crippen LogP contribution in [0.25, 0.3) is 0 Å². The maximum atomic E-state index is 12.0. The summed E-state index contributed by atoms with van der Waals surface area (Å²) in [5.74, 6) is -0.295. The van der Waals surface area contributed by atoms with E-state index in [9.17, 15) is 9.59 Å². The van der Waals surface area contributed by atoms with Gasteiger partial charge in [-0.1, -0.05) is 12.8 Å². The van der Waals surface area contributed by atoms with Crippen molar-refractivity contribution in [2.75, 3.05) is 0 Å². The Morgan fingerprint density at radius 3 is 2.41 bits per heavy atom. The van der Waals surface area contributed by atoms with Crippen molar-refractivity contribution in [1.29, 1.82) is 0 Å². The van der Waals surface area contributed by atoms with Gasteiger partial charge < -0.3 is 16.4 Å². The molecule has 0 heterocycles. The van der Waals surface area contributed by atoms with Gasteiger partial charge in [0.15, 0.2) is 0 Å². The zero-order valence-corrected chi connectivity index (χ0v) is 10.3. The first-order valence-corrected chi connectivity index (χ1v) is 6.41. The summed E-state index contributed by atoms with van der Waals surface area (Å²) in [6.45, 7) is 1.70. The lowest BCUT2D eigenvalue weighted by Gasteiger charge is -2.24. The number of amides is 2. The quantitative estimate of drug-likeness (QED) is 0.647. The Hall–Kier alpha value is -1.10. The Labute approximate surface area is 102 Å². The molecule has 96 valence electrons. The fourth-order valence-electron chi connectivity index (χ4n) is 2.19. The van der Waals surface area contributed by atoms with Crippen molar-refractivity contribution in [3.63, 3.8) is 0 Å². The van der Waals surface area contributed by atoms with Gasteiger partial charge in [-0.05, 0) is 32.6 Å². The second-order valence-electron chi connectivity index (χ2n) is 5.34. The van der Waals surface area contributed by atoms with Crippen molar-refractivity contribution in [3.05, 3.63) is 0 Å². The number of rotatable bonds is 4. The van der Waals surface area contributed by atoms with Crippen LogP contribution in [0.15, 0.2) is 0 Å². The minimum absolute atomic E-state index is 0.109. The summed E-state index contributed by atoms with van der Waals surface area (Å²) in [5, 5.41) is 5.59. The van der Waals surface area contributed by atoms with Crippen molar-refractivity contribution in [2.24, 2.45) is 5.73 Å². The molecule has 17 heavy (non-hydrogen) atoms. The number of carbonyl (C=O) groups excluding carboxylic acids is 2. The molecule has 1 unspecified atom stereocenters. The first kappa shape index (κ1) is 12.4. The van der Waals surface area contributed by atoms with Crippen LogP contribution in [0.4, 0.5) is 0 Å². The summed E-state index contributed by atoms with van der Waals surface area (Å²) in [6.07, 6.45) is 5.52. The highest BCUT2D eigenvalue weighted by Gasteiger charge is 2.38. The van der Waals surface area contributed by atoms with Crippen LogP contribution in [0.3, 0.4) is 0 Å². The van der Waals surface area contributed by atoms with E-state index in [1.54, 1.807) is 6.92 Å². The molecule has 0 radical (unpaired) electrons. The lowest BCUT2D eigenvalue weighted by atomic mass is 9.98. The summed E-state index contributed by atoms with van der Waals surface area (Å²) < 4.78 is 0. The zero-order chi connectivity index (χ0) is 12.5. The molecule has 5 heteroatoms. The molecule has 0 aromatic heterocycles. The summed E-state index contributed by atoms with van der Waals surface area (Å²) in [4.78, 5) is 23.6. The predicted molar refractivity (Wildman–Crippen MR) is 64.2 cm³/mol. The van der Waals surface area contributed by atoms with E-state index in [0.717, 1.165) is 38.5 Å². The van der Waals surface area contributed by atoms with E-state index in [0.29, 0.717) is 6.04 Å². The van der Waals surface area contributed by atoms with Crippen LogP contribution in [0.1, 0.15) is 45.4 Å². The van der Waals surface area contributed by atoms with Crippen molar-refractivity contribution in [3.8, 4) is 0 Å². The van der Waals surface area contributed by atoms with Crippen LogP contribution < -0.4 is 16.4 Å². The van der Waals surface area contributed by atoms with Crippen molar-refractivity contribution in [1.82, 2.24) is 10.6 Å². The smallest absolute Gasteiger partial charge is 0.242 e. The second kappa shape index (κ2) is 4.64. The molecule has 0 spiro atoms. The van der Waals surface area contributed by atoms with E-state index in [2.05, 4.69) is 10.6 Å². The Morgan fingerprint density at radius 1 is 1.29 bits per heavy atom. The van der Waals surface area contributed by atoms with Crippen molar-refractivity contribution >= 4 is 11.8 Å². The van der Waals surface area contributed by atoms with Crippen LogP contribution >= 0.6 is 0 Å². The van der Waals surface area contributed by atoms with E-state index in [1.807, 2.05) is 0 Å². The van der Waals surface area contributed by atoms with E-state index in [-0.39, 0.29) is 11.8 Å². The molecule has 0 bridgehead atoms. The highest BCUT2D eigenvalue weighted by atomic mass is 16.2. The highest BCUT2D eigenvalue weighted by molar-refractivity contribution is 5.92. The predicted octanol–water partition coefficient (Wildman–Crippen LogP) is 0.0412. The summed E-state index contributed by atoms with van der Waals surface area (Å²) in [6, 6.07) is -0.177. The molecular weight excluding hydrogens is 218 g/mol. The van der Waals surface area contributed by atoms with Gasteiger partial charge in [0.1, 0.15) is 6.04 Å². The van der Waals surface area contributed by atoms with Gasteiger partial charge in [-0.2, -0.15) is 0 Å². The van der Waals surface area contributed by atoms with Crippen LogP contribution in [-0.4, -0.2) is 29.4 Å². The van der Waals surface area contributed by atoms with Crippen molar-refractivity contribution < 1.29 is 9.59 Å². The molecule has 0 aromatic rings. The number of nitrogens with two attached hydrogens (primary N) is 1. The summed E-state index contributed by atoms with van der Waals surface area (Å²) >= 11 is 0. The van der Waals surface area contributed by atoms with E-state index < -0.39 is 11.6 Å². The van der Waals surface area contributed by atoms with E-state index in [4.69, 9.17) is 5.73 Å². The van der Waals surface area contributed by atoms with Crippen LogP contribution in [0.5, 0.6) is 0 Å².